The van der Waals surface area contributed by atoms with Crippen molar-refractivity contribution in [2.75, 3.05) is 19.8 Å². The van der Waals surface area contributed by atoms with Crippen molar-refractivity contribution < 1.29 is 13.3 Å². The number of rotatable bonds is 9. The zero-order chi connectivity index (χ0) is 13.3. The van der Waals surface area contributed by atoms with E-state index in [-0.39, 0.29) is 5.54 Å². The maximum absolute atomic E-state index is 5.94. The van der Waals surface area contributed by atoms with Crippen molar-refractivity contribution in [3.05, 3.63) is 11.6 Å². The smallest absolute Gasteiger partial charge is 0.373 e. The highest BCUT2D eigenvalue weighted by Gasteiger charge is 2.48. The summed E-state index contributed by atoms with van der Waals surface area (Å²) in [6.07, 6.45) is 3.12. The molecule has 0 fully saturated rings. The van der Waals surface area contributed by atoms with Gasteiger partial charge in [-0.3, -0.25) is 0 Å². The molecule has 0 aromatic carbocycles. The predicted molar refractivity (Wildman–Crippen MR) is 74.1 cm³/mol. The first-order valence-corrected chi connectivity index (χ1v) is 8.46. The van der Waals surface area contributed by atoms with Crippen molar-refractivity contribution in [2.24, 2.45) is 0 Å². The van der Waals surface area contributed by atoms with Gasteiger partial charge < -0.3 is 13.3 Å². The van der Waals surface area contributed by atoms with E-state index in [2.05, 4.69) is 26.8 Å². The van der Waals surface area contributed by atoms with Crippen LogP contribution in [0.15, 0.2) is 11.6 Å². The molecule has 0 aromatic heterocycles. The molecule has 0 heterocycles. The highest BCUT2D eigenvalue weighted by atomic mass is 28.4. The second kappa shape index (κ2) is 8.86. The van der Waals surface area contributed by atoms with Crippen molar-refractivity contribution in [2.45, 2.75) is 53.5 Å². The molecule has 0 rings (SSSR count). The van der Waals surface area contributed by atoms with Crippen LogP contribution in [-0.4, -0.2) is 28.6 Å². The van der Waals surface area contributed by atoms with E-state index in [1.807, 2.05) is 20.8 Å². The molecule has 0 radical (unpaired) electrons. The Hall–Kier alpha value is -0.163. The summed E-state index contributed by atoms with van der Waals surface area (Å²) in [6, 6.07) is 0. The Balaban J connectivity index is 5.18. The summed E-state index contributed by atoms with van der Waals surface area (Å²) in [5.41, 5.74) is 1.57. The van der Waals surface area contributed by atoms with E-state index in [9.17, 15) is 0 Å². The van der Waals surface area contributed by atoms with Crippen LogP contribution in [0.4, 0.5) is 0 Å². The first kappa shape index (κ1) is 16.8. The van der Waals surface area contributed by atoms with Gasteiger partial charge in [-0.15, -0.1) is 0 Å². The fourth-order valence-corrected chi connectivity index (χ4v) is 5.37. The minimum atomic E-state index is -2.58. The molecule has 0 amide bonds. The van der Waals surface area contributed by atoms with Gasteiger partial charge in [-0.05, 0) is 41.0 Å². The first-order chi connectivity index (χ1) is 8.11. The van der Waals surface area contributed by atoms with Gasteiger partial charge in [0.2, 0.25) is 0 Å². The topological polar surface area (TPSA) is 27.7 Å². The van der Waals surface area contributed by atoms with Crippen LogP contribution in [0, 0.1) is 0 Å². The first-order valence-electron chi connectivity index (χ1n) is 6.66. The number of allylic oxidation sites excluding steroid dienone is 2. The van der Waals surface area contributed by atoms with Gasteiger partial charge >= 0.3 is 8.80 Å². The van der Waals surface area contributed by atoms with Crippen LogP contribution in [-0.2, 0) is 13.3 Å². The quantitative estimate of drug-likeness (QED) is 0.466. The molecule has 0 aliphatic rings. The summed E-state index contributed by atoms with van der Waals surface area (Å²) in [4.78, 5) is 0. The number of hydrogen-bond donors (Lipinski definition) is 0. The van der Waals surface area contributed by atoms with Gasteiger partial charge in [-0.2, -0.15) is 0 Å². The second-order valence-corrected chi connectivity index (χ2v) is 6.67. The lowest BCUT2D eigenvalue weighted by molar-refractivity contribution is 0.0637. The summed E-state index contributed by atoms with van der Waals surface area (Å²) in [5.74, 6) is 0. The van der Waals surface area contributed by atoms with Crippen LogP contribution in [0.5, 0.6) is 0 Å². The monoisotopic (exact) mass is 260 g/mol. The van der Waals surface area contributed by atoms with Crippen molar-refractivity contribution in [3.8, 4) is 0 Å². The second-order valence-electron chi connectivity index (χ2n) is 3.90. The van der Waals surface area contributed by atoms with E-state index in [0.29, 0.717) is 19.8 Å². The van der Waals surface area contributed by atoms with E-state index in [4.69, 9.17) is 13.3 Å². The van der Waals surface area contributed by atoms with Gasteiger partial charge in [0, 0.05) is 25.4 Å². The SMILES string of the molecule is CC=C(C)C(CC)[Si](OCC)(OCC)OCC. The maximum atomic E-state index is 5.94. The van der Waals surface area contributed by atoms with Gasteiger partial charge in [0.15, 0.2) is 0 Å². The third kappa shape index (κ3) is 4.54. The predicted octanol–water partition coefficient (Wildman–Crippen LogP) is 3.78. The molecular weight excluding hydrogens is 232 g/mol. The summed E-state index contributed by atoms with van der Waals surface area (Å²) in [5, 5.41) is 0. The molecule has 1 atom stereocenters. The average molecular weight is 260 g/mol. The highest BCUT2D eigenvalue weighted by molar-refractivity contribution is 6.63. The van der Waals surface area contributed by atoms with Crippen molar-refractivity contribution in [1.82, 2.24) is 0 Å². The van der Waals surface area contributed by atoms with E-state index < -0.39 is 8.80 Å². The van der Waals surface area contributed by atoms with E-state index in [1.165, 1.54) is 5.57 Å². The van der Waals surface area contributed by atoms with E-state index in [0.717, 1.165) is 6.42 Å². The van der Waals surface area contributed by atoms with Crippen LogP contribution in [0.25, 0.3) is 0 Å². The fraction of sp³-hybridized carbons (Fsp3) is 0.846. The summed E-state index contributed by atoms with van der Waals surface area (Å²) < 4.78 is 17.8. The summed E-state index contributed by atoms with van der Waals surface area (Å²) in [7, 11) is -2.58. The minimum Gasteiger partial charge on any atom is -0.373 e. The van der Waals surface area contributed by atoms with Gasteiger partial charge in [0.1, 0.15) is 0 Å². The molecular formula is C13H28O3Si. The maximum Gasteiger partial charge on any atom is 0.508 e. The Morgan fingerprint density at radius 3 is 1.65 bits per heavy atom. The molecule has 3 nitrogen and oxygen atoms in total. The fourth-order valence-electron chi connectivity index (χ4n) is 2.08. The molecule has 0 N–H and O–H groups in total. The zero-order valence-electron chi connectivity index (χ0n) is 12.2. The third-order valence-corrected chi connectivity index (χ3v) is 6.67. The Morgan fingerprint density at radius 2 is 1.41 bits per heavy atom. The largest absolute Gasteiger partial charge is 0.508 e. The molecule has 4 heteroatoms. The Labute approximate surface area is 108 Å². The van der Waals surface area contributed by atoms with Gasteiger partial charge in [-0.25, -0.2) is 0 Å². The zero-order valence-corrected chi connectivity index (χ0v) is 13.2. The molecule has 0 saturated carbocycles. The summed E-state index contributed by atoms with van der Waals surface area (Å²) >= 11 is 0. The molecule has 0 aromatic rings. The molecule has 0 aliphatic heterocycles. The van der Waals surface area contributed by atoms with Crippen LogP contribution in [0.1, 0.15) is 48.0 Å². The third-order valence-electron chi connectivity index (χ3n) is 2.88. The standard InChI is InChI=1S/C13H28O3Si/c1-7-12(6)13(8-2)17(14-9-3,15-10-4)16-11-5/h7,13H,8-11H2,1-6H3. The molecule has 0 saturated heterocycles. The van der Waals surface area contributed by atoms with Crippen molar-refractivity contribution in [1.29, 1.82) is 0 Å². The van der Waals surface area contributed by atoms with Crippen molar-refractivity contribution in [3.63, 3.8) is 0 Å². The van der Waals surface area contributed by atoms with Gasteiger partial charge in [0.05, 0.1) is 0 Å². The molecule has 0 bridgehead atoms. The Kier molecular flexibility index (Phi) is 8.77. The molecule has 0 spiro atoms. The molecule has 0 aliphatic carbocycles. The van der Waals surface area contributed by atoms with E-state index >= 15 is 0 Å². The van der Waals surface area contributed by atoms with Crippen molar-refractivity contribution >= 4 is 8.80 Å². The Bertz CT molecular complexity index is 212. The molecule has 102 valence electrons. The van der Waals surface area contributed by atoms with Gasteiger partial charge in [-0.1, -0.05) is 18.6 Å². The molecule has 1 unspecified atom stereocenters. The van der Waals surface area contributed by atoms with Crippen LogP contribution >= 0.6 is 0 Å². The van der Waals surface area contributed by atoms with Crippen LogP contribution in [0.3, 0.4) is 0 Å². The normalized spacial score (nSPS) is 15.1. The van der Waals surface area contributed by atoms with Gasteiger partial charge in [0.25, 0.3) is 0 Å². The average Bonchev–Trinajstić information content (AvgIpc) is 2.30. The minimum absolute atomic E-state index is 0.271. The Morgan fingerprint density at radius 1 is 1.00 bits per heavy atom. The lowest BCUT2D eigenvalue weighted by atomic mass is 10.1. The molecule has 17 heavy (non-hydrogen) atoms. The van der Waals surface area contributed by atoms with E-state index in [1.54, 1.807) is 0 Å². The van der Waals surface area contributed by atoms with Crippen LogP contribution in [0.2, 0.25) is 5.54 Å². The summed E-state index contributed by atoms with van der Waals surface area (Å²) in [6.45, 7) is 14.3. The lowest BCUT2D eigenvalue weighted by Crippen LogP contribution is -2.50. The highest BCUT2D eigenvalue weighted by Crippen LogP contribution is 2.35. The number of hydrogen-bond acceptors (Lipinski definition) is 3. The lowest BCUT2D eigenvalue weighted by Gasteiger charge is -2.35. The van der Waals surface area contributed by atoms with Crippen LogP contribution < -0.4 is 0 Å².